The van der Waals surface area contributed by atoms with Crippen LogP contribution in [0.5, 0.6) is 11.5 Å². The Morgan fingerprint density at radius 1 is 0.324 bits per heavy atom. The first-order valence-corrected chi connectivity index (χ1v) is 26.4. The van der Waals surface area contributed by atoms with Crippen molar-refractivity contribution in [3.63, 3.8) is 0 Å². The maximum atomic E-state index is 5.71. The topological polar surface area (TPSA) is 9.23 Å². The molecule has 0 heterocycles. The van der Waals surface area contributed by atoms with E-state index in [4.69, 9.17) is 4.74 Å². The Bertz CT molecular complexity index is 2710. The Labute approximate surface area is 434 Å². The molecule has 71 heavy (non-hydrogen) atoms. The maximum Gasteiger partial charge on any atom is 0.127 e. The van der Waals surface area contributed by atoms with E-state index in [1.807, 2.05) is 42.5 Å². The lowest BCUT2D eigenvalue weighted by Crippen LogP contribution is -2.12. The predicted octanol–water partition coefficient (Wildman–Crippen LogP) is 22.1. The van der Waals surface area contributed by atoms with Crippen molar-refractivity contribution in [2.24, 2.45) is 11.3 Å². The average molecular weight is 950 g/mol. The quantitative estimate of drug-likeness (QED) is 0.155. The van der Waals surface area contributed by atoms with Crippen molar-refractivity contribution in [2.45, 2.75) is 161 Å². The standard InChI is InChI=1S/C15H16O.2C13H14.C12H18.C10H14.C7H16/c1-12(2)13-8-10-15(11-9-13)16-14-6-4-3-5-7-14;1-10(2)12-9-5-7-11-6-3-4-8-13(11)12;1-10(2)12-8-7-11-5-3-4-6-13(11)9-12;1-8(2)12-7-10(4)9(3)6-11(12)5;1-8(2)10-6-4-9(3)5-7-10;1-6(2)7(3,4)5/h3-12H,1-2H3;2*3-10H,1-2H3;6-8H,1-5H3;4-8H,1-3H3;6H,1-5H3. The molecule has 0 saturated heterocycles. The number of aryl methyl sites for hydroxylation is 4. The summed E-state index contributed by atoms with van der Waals surface area (Å²) < 4.78 is 5.71. The molecule has 0 saturated carbocycles. The highest BCUT2D eigenvalue weighted by molar-refractivity contribution is 5.86. The van der Waals surface area contributed by atoms with Gasteiger partial charge in [0.25, 0.3) is 0 Å². The third kappa shape index (κ3) is 20.8. The summed E-state index contributed by atoms with van der Waals surface area (Å²) in [5.41, 5.74) is 13.2. The van der Waals surface area contributed by atoms with Gasteiger partial charge in [-0.25, -0.2) is 0 Å². The Morgan fingerprint density at radius 2 is 0.746 bits per heavy atom. The van der Waals surface area contributed by atoms with Gasteiger partial charge in [0.05, 0.1) is 0 Å². The SMILES string of the molecule is CC(C)C(C)(C)C.CC(C)c1ccc(Oc2ccccc2)cc1.CC(C)c1ccc2ccccc2c1.CC(C)c1cccc2ccccc12.Cc1cc(C)c(C(C)C)cc1C.Cc1ccc(C(C)C)cc1. The molecule has 0 fully saturated rings. The van der Waals surface area contributed by atoms with Gasteiger partial charge in [-0.2, -0.15) is 0 Å². The molecule has 1 nitrogen and oxygen atoms in total. The average Bonchev–Trinajstić information content (AvgIpc) is 3.33. The third-order valence-electron chi connectivity index (χ3n) is 13.4. The van der Waals surface area contributed by atoms with Gasteiger partial charge in [-0.15, -0.1) is 0 Å². The van der Waals surface area contributed by atoms with Crippen molar-refractivity contribution in [2.75, 3.05) is 0 Å². The van der Waals surface area contributed by atoms with E-state index >= 15 is 0 Å². The largest absolute Gasteiger partial charge is 0.457 e. The second-order valence-corrected chi connectivity index (χ2v) is 22.2. The molecule has 1 heteroatoms. The monoisotopic (exact) mass is 949 g/mol. The van der Waals surface area contributed by atoms with Crippen LogP contribution < -0.4 is 4.74 Å². The van der Waals surface area contributed by atoms with Gasteiger partial charge in [0.1, 0.15) is 11.5 Å². The zero-order chi connectivity index (χ0) is 52.8. The molecular weight excluding hydrogens is 857 g/mol. The van der Waals surface area contributed by atoms with Crippen LogP contribution in [0.15, 0.2) is 176 Å². The molecule has 0 aromatic heterocycles. The highest BCUT2D eigenvalue weighted by Gasteiger charge is 2.14. The molecule has 0 aliphatic rings. The number of hydrogen-bond acceptors (Lipinski definition) is 1. The summed E-state index contributed by atoms with van der Waals surface area (Å²) >= 11 is 0. The second kappa shape index (κ2) is 29.4. The van der Waals surface area contributed by atoms with Gasteiger partial charge in [0, 0.05) is 0 Å². The van der Waals surface area contributed by atoms with Gasteiger partial charge >= 0.3 is 0 Å². The van der Waals surface area contributed by atoms with Crippen LogP contribution in [0.3, 0.4) is 0 Å². The van der Waals surface area contributed by atoms with Crippen molar-refractivity contribution < 1.29 is 4.74 Å². The minimum atomic E-state index is 0.500. The predicted molar refractivity (Wildman–Crippen MR) is 317 cm³/mol. The molecular formula is C70H92O. The lowest BCUT2D eigenvalue weighted by molar-refractivity contribution is 0.283. The summed E-state index contributed by atoms with van der Waals surface area (Å²) in [4.78, 5) is 0. The Morgan fingerprint density at radius 3 is 1.25 bits per heavy atom. The number of hydrogen-bond donors (Lipinski definition) is 0. The minimum absolute atomic E-state index is 0.500. The van der Waals surface area contributed by atoms with Crippen LogP contribution in [0.4, 0.5) is 0 Å². The third-order valence-corrected chi connectivity index (χ3v) is 13.4. The van der Waals surface area contributed by atoms with Crippen molar-refractivity contribution in [1.82, 2.24) is 0 Å². The highest BCUT2D eigenvalue weighted by Crippen LogP contribution is 2.27. The zero-order valence-electron chi connectivity index (χ0n) is 47.6. The van der Waals surface area contributed by atoms with Crippen molar-refractivity contribution in [3.8, 4) is 11.5 Å². The van der Waals surface area contributed by atoms with Crippen LogP contribution in [0.25, 0.3) is 21.5 Å². The van der Waals surface area contributed by atoms with E-state index in [9.17, 15) is 0 Å². The van der Waals surface area contributed by atoms with E-state index in [-0.39, 0.29) is 0 Å². The first-order chi connectivity index (χ1) is 33.5. The Kier molecular flexibility index (Phi) is 24.6. The van der Waals surface area contributed by atoms with Crippen LogP contribution in [0, 0.1) is 39.0 Å². The van der Waals surface area contributed by atoms with Gasteiger partial charge in [-0.05, 0) is 159 Å². The van der Waals surface area contributed by atoms with Gasteiger partial charge in [0.2, 0.25) is 0 Å². The Hall–Kier alpha value is -5.92. The molecule has 8 rings (SSSR count). The van der Waals surface area contributed by atoms with E-state index in [0.29, 0.717) is 35.0 Å². The fourth-order valence-corrected chi connectivity index (χ4v) is 7.42. The summed E-state index contributed by atoms with van der Waals surface area (Å²) in [6, 6.07) is 61.7. The molecule has 0 aliphatic heterocycles. The zero-order valence-corrected chi connectivity index (χ0v) is 47.6. The maximum absolute atomic E-state index is 5.71. The molecule has 0 radical (unpaired) electrons. The first kappa shape index (κ1) is 59.4. The lowest BCUT2D eigenvalue weighted by atomic mass is 9.84. The normalized spacial score (nSPS) is 10.9. The molecule has 8 aromatic carbocycles. The van der Waals surface area contributed by atoms with Crippen molar-refractivity contribution >= 4 is 21.5 Å². The first-order valence-electron chi connectivity index (χ1n) is 26.4. The van der Waals surface area contributed by atoms with Crippen LogP contribution in [0.1, 0.15) is 184 Å². The van der Waals surface area contributed by atoms with E-state index < -0.39 is 0 Å². The molecule has 0 amide bonds. The minimum Gasteiger partial charge on any atom is -0.457 e. The smallest absolute Gasteiger partial charge is 0.127 e. The lowest BCUT2D eigenvalue weighted by Gasteiger charge is -2.22. The molecule has 0 aliphatic carbocycles. The van der Waals surface area contributed by atoms with E-state index in [1.54, 1.807) is 0 Å². The van der Waals surface area contributed by atoms with Crippen LogP contribution in [-0.4, -0.2) is 0 Å². The number of ether oxygens (including phenoxy) is 1. The molecule has 0 spiro atoms. The molecule has 0 unspecified atom stereocenters. The fraction of sp³-hybridized carbons (Fsp3) is 0.371. The summed E-state index contributed by atoms with van der Waals surface area (Å²) in [5, 5.41) is 5.40. The fourth-order valence-electron chi connectivity index (χ4n) is 7.42. The van der Waals surface area contributed by atoms with E-state index in [2.05, 4.69) is 265 Å². The van der Waals surface area contributed by atoms with Crippen LogP contribution in [0.2, 0.25) is 0 Å². The van der Waals surface area contributed by atoms with E-state index in [0.717, 1.165) is 17.4 Å². The Balaban J connectivity index is 0.000000229. The summed E-state index contributed by atoms with van der Waals surface area (Å²) in [6.45, 7) is 42.2. The molecule has 8 aromatic rings. The van der Waals surface area contributed by atoms with Gasteiger partial charge in [-0.3, -0.25) is 0 Å². The number of para-hydroxylation sites is 1. The number of rotatable bonds is 7. The van der Waals surface area contributed by atoms with Crippen LogP contribution >= 0.6 is 0 Å². The van der Waals surface area contributed by atoms with Gasteiger partial charge in [0.15, 0.2) is 0 Å². The van der Waals surface area contributed by atoms with Crippen molar-refractivity contribution in [3.05, 3.63) is 226 Å². The number of benzene rings is 8. The summed E-state index contributed by atoms with van der Waals surface area (Å²) in [6.07, 6.45) is 0. The van der Waals surface area contributed by atoms with Crippen molar-refractivity contribution in [1.29, 1.82) is 0 Å². The summed E-state index contributed by atoms with van der Waals surface area (Å²) in [5.74, 6) is 5.63. The molecule has 0 atom stereocenters. The molecule has 0 N–H and O–H groups in total. The van der Waals surface area contributed by atoms with Gasteiger partial charge < -0.3 is 4.74 Å². The molecule has 0 bridgehead atoms. The molecule has 378 valence electrons. The number of fused-ring (bicyclic) bond motifs is 2. The highest BCUT2D eigenvalue weighted by atomic mass is 16.5. The van der Waals surface area contributed by atoms with E-state index in [1.165, 1.54) is 71.6 Å². The van der Waals surface area contributed by atoms with Crippen LogP contribution in [-0.2, 0) is 0 Å². The summed E-state index contributed by atoms with van der Waals surface area (Å²) in [7, 11) is 0. The van der Waals surface area contributed by atoms with Gasteiger partial charge in [-0.1, -0.05) is 261 Å². The second-order valence-electron chi connectivity index (χ2n) is 22.2.